The van der Waals surface area contributed by atoms with Crippen LogP contribution in [0.3, 0.4) is 0 Å². The van der Waals surface area contributed by atoms with Gasteiger partial charge in [-0.1, -0.05) is 12.1 Å². The SMILES string of the molecule is CCc1cc(C(C)NC(=O)c2cc3c(nc2OC)CCC3)on1. The first-order chi connectivity index (χ1) is 11.1. The summed E-state index contributed by atoms with van der Waals surface area (Å²) in [5, 5.41) is 6.88. The van der Waals surface area contributed by atoms with Gasteiger partial charge in [-0.05, 0) is 44.2 Å². The maximum atomic E-state index is 12.6. The van der Waals surface area contributed by atoms with Gasteiger partial charge in [0.25, 0.3) is 5.91 Å². The molecule has 3 rings (SSSR count). The smallest absolute Gasteiger partial charge is 0.257 e. The van der Waals surface area contributed by atoms with Crippen LogP contribution in [-0.2, 0) is 19.3 Å². The van der Waals surface area contributed by atoms with Gasteiger partial charge in [0.1, 0.15) is 5.56 Å². The van der Waals surface area contributed by atoms with E-state index in [0.29, 0.717) is 17.2 Å². The summed E-state index contributed by atoms with van der Waals surface area (Å²) in [4.78, 5) is 17.1. The zero-order valence-electron chi connectivity index (χ0n) is 13.7. The zero-order valence-corrected chi connectivity index (χ0v) is 13.7. The van der Waals surface area contributed by atoms with Gasteiger partial charge in [-0.25, -0.2) is 4.98 Å². The topological polar surface area (TPSA) is 77.2 Å². The molecule has 1 atom stereocenters. The molecule has 1 amide bonds. The molecule has 0 aliphatic heterocycles. The van der Waals surface area contributed by atoms with Crippen molar-refractivity contribution in [1.29, 1.82) is 0 Å². The van der Waals surface area contributed by atoms with Gasteiger partial charge in [-0.15, -0.1) is 0 Å². The van der Waals surface area contributed by atoms with E-state index in [9.17, 15) is 4.79 Å². The van der Waals surface area contributed by atoms with E-state index in [4.69, 9.17) is 9.26 Å². The molecular formula is C17H21N3O3. The van der Waals surface area contributed by atoms with Gasteiger partial charge < -0.3 is 14.6 Å². The molecule has 1 aliphatic rings. The maximum Gasteiger partial charge on any atom is 0.257 e. The molecule has 6 heteroatoms. The lowest BCUT2D eigenvalue weighted by Crippen LogP contribution is -2.27. The van der Waals surface area contributed by atoms with Crippen molar-refractivity contribution in [2.45, 2.75) is 45.6 Å². The molecule has 1 unspecified atom stereocenters. The van der Waals surface area contributed by atoms with Crippen molar-refractivity contribution in [2.75, 3.05) is 7.11 Å². The number of carbonyl (C=O) groups excluding carboxylic acids is 1. The Morgan fingerprint density at radius 1 is 1.43 bits per heavy atom. The van der Waals surface area contributed by atoms with Crippen molar-refractivity contribution in [3.05, 3.63) is 40.4 Å². The van der Waals surface area contributed by atoms with Gasteiger partial charge in [0.05, 0.1) is 18.8 Å². The Kier molecular flexibility index (Phi) is 4.32. The van der Waals surface area contributed by atoms with Crippen molar-refractivity contribution >= 4 is 5.91 Å². The molecule has 2 aromatic heterocycles. The first-order valence-corrected chi connectivity index (χ1v) is 7.95. The number of ether oxygens (including phenoxy) is 1. The highest BCUT2D eigenvalue weighted by Gasteiger charge is 2.23. The molecule has 2 heterocycles. The van der Waals surface area contributed by atoms with Crippen molar-refractivity contribution in [3.8, 4) is 5.88 Å². The van der Waals surface area contributed by atoms with Gasteiger partial charge in [0, 0.05) is 11.8 Å². The predicted molar refractivity (Wildman–Crippen MR) is 84.6 cm³/mol. The fourth-order valence-corrected chi connectivity index (χ4v) is 2.82. The minimum atomic E-state index is -0.270. The number of methoxy groups -OCH3 is 1. The van der Waals surface area contributed by atoms with Crippen LogP contribution >= 0.6 is 0 Å². The third kappa shape index (κ3) is 3.06. The van der Waals surface area contributed by atoms with Gasteiger partial charge in [-0.2, -0.15) is 0 Å². The van der Waals surface area contributed by atoms with Gasteiger partial charge in [0.15, 0.2) is 5.76 Å². The van der Waals surface area contributed by atoms with E-state index in [0.717, 1.165) is 42.6 Å². The van der Waals surface area contributed by atoms with E-state index in [2.05, 4.69) is 15.5 Å². The van der Waals surface area contributed by atoms with Crippen LogP contribution in [0.1, 0.15) is 59.4 Å². The number of aryl methyl sites for hydroxylation is 3. The number of amides is 1. The summed E-state index contributed by atoms with van der Waals surface area (Å²) >= 11 is 0. The van der Waals surface area contributed by atoms with Crippen molar-refractivity contribution in [2.24, 2.45) is 0 Å². The zero-order chi connectivity index (χ0) is 16.4. The van der Waals surface area contributed by atoms with Crippen LogP contribution in [0.15, 0.2) is 16.7 Å². The number of hydrogen-bond acceptors (Lipinski definition) is 5. The maximum absolute atomic E-state index is 12.6. The van der Waals surface area contributed by atoms with E-state index >= 15 is 0 Å². The number of hydrogen-bond donors (Lipinski definition) is 1. The number of fused-ring (bicyclic) bond motifs is 1. The highest BCUT2D eigenvalue weighted by molar-refractivity contribution is 5.96. The fourth-order valence-electron chi connectivity index (χ4n) is 2.82. The van der Waals surface area contributed by atoms with E-state index < -0.39 is 0 Å². The van der Waals surface area contributed by atoms with Crippen LogP contribution in [0.25, 0.3) is 0 Å². The molecule has 23 heavy (non-hydrogen) atoms. The first-order valence-electron chi connectivity index (χ1n) is 7.95. The Morgan fingerprint density at radius 2 is 2.26 bits per heavy atom. The molecule has 6 nitrogen and oxygen atoms in total. The van der Waals surface area contributed by atoms with Crippen LogP contribution in [0, 0.1) is 0 Å². The highest BCUT2D eigenvalue weighted by Crippen LogP contribution is 2.27. The Labute approximate surface area is 135 Å². The summed E-state index contributed by atoms with van der Waals surface area (Å²) < 4.78 is 10.6. The van der Waals surface area contributed by atoms with Gasteiger partial charge in [0.2, 0.25) is 5.88 Å². The monoisotopic (exact) mass is 315 g/mol. The average molecular weight is 315 g/mol. The lowest BCUT2D eigenvalue weighted by Gasteiger charge is -2.13. The Bertz CT molecular complexity index is 724. The highest BCUT2D eigenvalue weighted by atomic mass is 16.5. The second kappa shape index (κ2) is 6.40. The molecule has 0 radical (unpaired) electrons. The largest absolute Gasteiger partial charge is 0.480 e. The van der Waals surface area contributed by atoms with Crippen molar-refractivity contribution in [1.82, 2.24) is 15.5 Å². The summed E-state index contributed by atoms with van der Waals surface area (Å²) in [6.07, 6.45) is 3.78. The lowest BCUT2D eigenvalue weighted by molar-refractivity contribution is 0.0930. The summed E-state index contributed by atoms with van der Waals surface area (Å²) in [5.74, 6) is 0.802. The van der Waals surface area contributed by atoms with Crippen LogP contribution in [0.5, 0.6) is 5.88 Å². The van der Waals surface area contributed by atoms with E-state index in [-0.39, 0.29) is 11.9 Å². The molecule has 2 aromatic rings. The summed E-state index contributed by atoms with van der Waals surface area (Å²) in [6, 6.07) is 3.49. The Morgan fingerprint density at radius 3 is 2.96 bits per heavy atom. The predicted octanol–water partition coefficient (Wildman–Crippen LogP) is 2.62. The Balaban J connectivity index is 1.80. The van der Waals surface area contributed by atoms with Gasteiger partial charge in [-0.3, -0.25) is 4.79 Å². The van der Waals surface area contributed by atoms with Crippen molar-refractivity contribution in [3.63, 3.8) is 0 Å². The Hall–Kier alpha value is -2.37. The van der Waals surface area contributed by atoms with E-state index in [1.165, 1.54) is 7.11 Å². The number of nitrogens with one attached hydrogen (secondary N) is 1. The molecule has 122 valence electrons. The molecular weight excluding hydrogens is 294 g/mol. The first kappa shape index (κ1) is 15.5. The molecule has 0 fully saturated rings. The lowest BCUT2D eigenvalue weighted by atomic mass is 10.1. The summed E-state index contributed by atoms with van der Waals surface area (Å²) in [7, 11) is 1.54. The van der Waals surface area contributed by atoms with Crippen LogP contribution in [0.4, 0.5) is 0 Å². The van der Waals surface area contributed by atoms with Crippen LogP contribution in [-0.4, -0.2) is 23.2 Å². The normalized spacial score (nSPS) is 14.4. The van der Waals surface area contributed by atoms with Crippen LogP contribution < -0.4 is 10.1 Å². The fraction of sp³-hybridized carbons (Fsp3) is 0.471. The standard InChI is InChI=1S/C17H21N3O3/c1-4-12-9-15(23-20-12)10(2)18-16(21)13-8-11-6-5-7-14(11)19-17(13)22-3/h8-10H,4-7H2,1-3H3,(H,18,21). The molecule has 0 saturated carbocycles. The number of rotatable bonds is 5. The molecule has 0 bridgehead atoms. The van der Waals surface area contributed by atoms with Crippen molar-refractivity contribution < 1.29 is 14.1 Å². The quantitative estimate of drug-likeness (QED) is 0.917. The van der Waals surface area contributed by atoms with Gasteiger partial charge >= 0.3 is 0 Å². The second-order valence-electron chi connectivity index (χ2n) is 5.77. The second-order valence-corrected chi connectivity index (χ2v) is 5.77. The van der Waals surface area contributed by atoms with Crippen LogP contribution in [0.2, 0.25) is 0 Å². The number of carbonyl (C=O) groups is 1. The number of nitrogens with zero attached hydrogens (tertiary/aromatic N) is 2. The third-order valence-electron chi connectivity index (χ3n) is 4.17. The molecule has 0 saturated heterocycles. The minimum absolute atomic E-state index is 0.217. The molecule has 0 aromatic carbocycles. The number of pyridine rings is 1. The average Bonchev–Trinajstić information content (AvgIpc) is 3.21. The molecule has 0 spiro atoms. The van der Waals surface area contributed by atoms with E-state index in [1.54, 1.807) is 0 Å². The summed E-state index contributed by atoms with van der Waals surface area (Å²) in [6.45, 7) is 3.87. The summed E-state index contributed by atoms with van der Waals surface area (Å²) in [5.41, 5.74) is 3.51. The minimum Gasteiger partial charge on any atom is -0.480 e. The molecule has 1 N–H and O–H groups in total. The van der Waals surface area contributed by atoms with E-state index in [1.807, 2.05) is 26.0 Å². The third-order valence-corrected chi connectivity index (χ3v) is 4.17. The number of aromatic nitrogens is 2. The molecule has 1 aliphatic carbocycles.